The van der Waals surface area contributed by atoms with Crippen molar-refractivity contribution in [2.45, 2.75) is 11.8 Å². The Morgan fingerprint density at radius 2 is 1.24 bits per heavy atom. The van der Waals surface area contributed by atoms with E-state index < -0.39 is 6.98 Å². The summed E-state index contributed by atoms with van der Waals surface area (Å²) in [6.45, 7) is -2.04. The van der Waals surface area contributed by atoms with Crippen LogP contribution in [0.15, 0.2) is 152 Å². The van der Waals surface area contributed by atoms with Gasteiger partial charge in [-0.1, -0.05) is 84.9 Å². The summed E-state index contributed by atoms with van der Waals surface area (Å²) in [6.07, 6.45) is 2.10. The minimum Gasteiger partial charge on any atom is -0.457 e. The van der Waals surface area contributed by atoms with Crippen LogP contribution in [0.3, 0.4) is 0 Å². The molecule has 5 nitrogen and oxygen atoms in total. The Bertz CT molecular complexity index is 2740. The molecule has 1 aliphatic heterocycles. The predicted molar refractivity (Wildman–Crippen MR) is 202 cm³/mol. The molecule has 2 aromatic heterocycles. The quantitative estimate of drug-likeness (QED) is 0.190. The normalized spacial score (nSPS) is 17.9. The summed E-state index contributed by atoms with van der Waals surface area (Å²) in [6, 6.07) is 50.2. The van der Waals surface area contributed by atoms with Gasteiger partial charge in [-0.2, -0.15) is 0 Å². The summed E-state index contributed by atoms with van der Waals surface area (Å²) in [4.78, 5) is 8.66. The van der Waals surface area contributed by atoms with Crippen molar-refractivity contribution in [2.75, 3.05) is 23.4 Å². The molecule has 0 radical (unpaired) electrons. The maximum Gasteiger partial charge on any atom is 0.137 e. The Morgan fingerprint density at radius 3 is 2.02 bits per heavy atom. The van der Waals surface area contributed by atoms with E-state index in [4.69, 9.17) is 13.8 Å². The molecule has 6 aromatic carbocycles. The Kier molecular flexibility index (Phi) is 5.12. The molecule has 3 aliphatic carbocycles. The van der Waals surface area contributed by atoms with E-state index in [1.807, 2.05) is 59.5 Å². The fourth-order valence-electron chi connectivity index (χ4n) is 8.71. The van der Waals surface area contributed by atoms with Crippen LogP contribution >= 0.6 is 0 Å². The number of hydrogen-bond acceptors (Lipinski definition) is 4. The monoisotopic (exact) mass is 647 g/mol. The lowest BCUT2D eigenvalue weighted by molar-refractivity contribution is 0.483. The van der Waals surface area contributed by atoms with Crippen LogP contribution in [0, 0.1) is 0 Å². The molecule has 2 bridgehead atoms. The number of fused-ring (bicyclic) bond motifs is 4. The molecule has 238 valence electrons. The Morgan fingerprint density at radius 1 is 0.580 bits per heavy atom. The zero-order valence-corrected chi connectivity index (χ0v) is 27.0. The van der Waals surface area contributed by atoms with Gasteiger partial charge < -0.3 is 14.5 Å². The molecule has 5 heteroatoms. The SMILES string of the molecule is [2H]C([2H])([2H])N1CN(c2cccc(Oc3ccc4c5ccccc5n(-c5cc6c(cn5)C5c7ccccc7C6c6ccccc65)c4c3)c2)c2ccccc21. The van der Waals surface area contributed by atoms with Gasteiger partial charge in [-0.3, -0.25) is 4.57 Å². The van der Waals surface area contributed by atoms with Crippen LogP contribution < -0.4 is 14.5 Å². The number of hydrogen-bond donors (Lipinski definition) is 0. The highest BCUT2D eigenvalue weighted by molar-refractivity contribution is 6.09. The van der Waals surface area contributed by atoms with E-state index in [0.29, 0.717) is 17.2 Å². The van der Waals surface area contributed by atoms with Crippen molar-refractivity contribution in [3.8, 4) is 17.3 Å². The third-order valence-corrected chi connectivity index (χ3v) is 10.8. The second kappa shape index (κ2) is 10.3. The van der Waals surface area contributed by atoms with E-state index in [-0.39, 0.29) is 18.5 Å². The minimum absolute atomic E-state index is 0.151. The van der Waals surface area contributed by atoms with Crippen molar-refractivity contribution < 1.29 is 8.85 Å². The summed E-state index contributed by atoms with van der Waals surface area (Å²) in [5, 5.41) is 2.27. The molecule has 12 rings (SSSR count). The van der Waals surface area contributed by atoms with Gasteiger partial charge in [0.15, 0.2) is 0 Å². The second-order valence-electron chi connectivity index (χ2n) is 13.4. The van der Waals surface area contributed by atoms with Crippen molar-refractivity contribution in [3.63, 3.8) is 0 Å². The molecule has 0 saturated carbocycles. The van der Waals surface area contributed by atoms with E-state index >= 15 is 0 Å². The second-order valence-corrected chi connectivity index (χ2v) is 13.4. The molecule has 0 spiro atoms. The van der Waals surface area contributed by atoms with Gasteiger partial charge in [-0.15, -0.1) is 0 Å². The average molecular weight is 648 g/mol. The van der Waals surface area contributed by atoms with Gasteiger partial charge in [0.1, 0.15) is 17.3 Å². The molecule has 4 aliphatic rings. The summed E-state index contributed by atoms with van der Waals surface area (Å²) >= 11 is 0. The smallest absolute Gasteiger partial charge is 0.137 e. The summed E-state index contributed by atoms with van der Waals surface area (Å²) < 4.78 is 33.2. The number of nitrogens with zero attached hydrogens (tertiary/aromatic N) is 4. The highest BCUT2D eigenvalue weighted by Gasteiger charge is 2.41. The average Bonchev–Trinajstić information content (AvgIpc) is 3.74. The van der Waals surface area contributed by atoms with Gasteiger partial charge in [0.2, 0.25) is 0 Å². The first kappa shape index (κ1) is 24.8. The molecule has 0 saturated heterocycles. The number of pyridine rings is 1. The molecule has 3 heterocycles. The Labute approximate surface area is 294 Å². The first-order chi connectivity index (χ1) is 25.9. The maximum absolute atomic E-state index is 8.12. The molecule has 50 heavy (non-hydrogen) atoms. The van der Waals surface area contributed by atoms with Crippen LogP contribution in [0.5, 0.6) is 11.5 Å². The number of rotatable bonds is 4. The maximum atomic E-state index is 8.12. The van der Waals surface area contributed by atoms with Gasteiger partial charge in [0, 0.05) is 57.7 Å². The van der Waals surface area contributed by atoms with Crippen molar-refractivity contribution in [1.82, 2.24) is 9.55 Å². The fourth-order valence-corrected chi connectivity index (χ4v) is 8.71. The molecule has 0 N–H and O–H groups in total. The first-order valence-corrected chi connectivity index (χ1v) is 17.1. The molecule has 8 aromatic rings. The van der Waals surface area contributed by atoms with E-state index in [0.717, 1.165) is 39.0 Å². The molecule has 0 unspecified atom stereocenters. The van der Waals surface area contributed by atoms with Gasteiger partial charge in [0.25, 0.3) is 0 Å². The lowest BCUT2D eigenvalue weighted by atomic mass is 9.61. The third-order valence-electron chi connectivity index (χ3n) is 10.8. The van der Waals surface area contributed by atoms with Crippen LogP contribution in [-0.4, -0.2) is 23.2 Å². The topological polar surface area (TPSA) is 33.5 Å². The Balaban J connectivity index is 0.999. The van der Waals surface area contributed by atoms with Gasteiger partial charge in [-0.05, 0) is 81.9 Å². The molecule has 0 atom stereocenters. The minimum atomic E-state index is -2.26. The molecular weight excluding hydrogens is 613 g/mol. The van der Waals surface area contributed by atoms with Crippen molar-refractivity contribution in [2.24, 2.45) is 0 Å². The number of ether oxygens (including phenoxy) is 1. The van der Waals surface area contributed by atoms with E-state index in [9.17, 15) is 0 Å². The van der Waals surface area contributed by atoms with Gasteiger partial charge in [0.05, 0.1) is 29.1 Å². The standard InChI is InChI=1S/C45H32N4O/c1-47-27-48(41-20-9-8-19-40(41)47)28-11-10-12-29(23-28)50-30-21-22-32-31-13-6-7-18-39(31)49(42(32)24-30)43-25-37-38(26-46-43)45-35-16-4-2-14-33(35)44(37)34-15-3-5-17-36(34)45/h2-26,44-45H,27H2,1H3/i1D3. The van der Waals surface area contributed by atoms with Crippen LogP contribution in [0.2, 0.25) is 0 Å². The van der Waals surface area contributed by atoms with Crippen LogP contribution in [0.1, 0.15) is 49.3 Å². The summed E-state index contributed by atoms with van der Waals surface area (Å²) in [7, 11) is 0. The lowest BCUT2D eigenvalue weighted by Crippen LogP contribution is -2.27. The zero-order valence-electron chi connectivity index (χ0n) is 30.0. The lowest BCUT2D eigenvalue weighted by Gasteiger charge is -2.42. The van der Waals surface area contributed by atoms with Crippen LogP contribution in [0.25, 0.3) is 27.6 Å². The van der Waals surface area contributed by atoms with Gasteiger partial charge >= 0.3 is 0 Å². The molecule has 0 amide bonds. The summed E-state index contributed by atoms with van der Waals surface area (Å²) in [5.41, 5.74) is 12.6. The molecular formula is C45H32N4O. The summed E-state index contributed by atoms with van der Waals surface area (Å²) in [5.74, 6) is 2.56. The first-order valence-electron chi connectivity index (χ1n) is 18.6. The number of aromatic nitrogens is 2. The van der Waals surface area contributed by atoms with Crippen molar-refractivity contribution in [3.05, 3.63) is 185 Å². The highest BCUT2D eigenvalue weighted by Crippen LogP contribution is 2.55. The zero-order chi connectivity index (χ0) is 35.4. The van der Waals surface area contributed by atoms with Crippen LogP contribution in [-0.2, 0) is 0 Å². The van der Waals surface area contributed by atoms with E-state index in [1.165, 1.54) is 38.3 Å². The highest BCUT2D eigenvalue weighted by atomic mass is 16.5. The number of anilines is 3. The van der Waals surface area contributed by atoms with Crippen molar-refractivity contribution >= 4 is 38.9 Å². The van der Waals surface area contributed by atoms with Crippen molar-refractivity contribution in [1.29, 1.82) is 0 Å². The fraction of sp³-hybridized carbons (Fsp3) is 0.0889. The Hall–Kier alpha value is -6.33. The third kappa shape index (κ3) is 3.86. The van der Waals surface area contributed by atoms with E-state index in [2.05, 4.69) is 102 Å². The number of benzene rings is 6. The van der Waals surface area contributed by atoms with Crippen LogP contribution in [0.4, 0.5) is 17.1 Å². The van der Waals surface area contributed by atoms with Gasteiger partial charge in [-0.25, -0.2) is 4.98 Å². The number of para-hydroxylation sites is 3. The predicted octanol–water partition coefficient (Wildman–Crippen LogP) is 10.5. The van der Waals surface area contributed by atoms with E-state index in [1.54, 1.807) is 0 Å². The molecule has 0 fully saturated rings. The largest absolute Gasteiger partial charge is 0.457 e.